The summed E-state index contributed by atoms with van der Waals surface area (Å²) >= 11 is 0. The number of aliphatic imine (C=N–C) groups is 1. The number of carbonyl (C=O) groups excluding carboxylic acids is 1. The van der Waals surface area contributed by atoms with Gasteiger partial charge in [0.2, 0.25) is 5.91 Å². The van der Waals surface area contributed by atoms with Crippen LogP contribution in [0.4, 0.5) is 0 Å². The van der Waals surface area contributed by atoms with Crippen LogP contribution in [0.25, 0.3) is 0 Å². The molecule has 6 nitrogen and oxygen atoms in total. The Hall–Kier alpha value is -1.51. The number of unbranched alkanes of at least 4 members (excludes halogenated alkanes) is 1. The van der Waals surface area contributed by atoms with Crippen molar-refractivity contribution in [2.24, 2.45) is 16.6 Å². The Bertz CT molecular complexity index is 624. The minimum Gasteiger partial charge on any atom is -0.494 e. The minimum atomic E-state index is -0.219. The second-order valence-corrected chi connectivity index (χ2v) is 7.14. The summed E-state index contributed by atoms with van der Waals surface area (Å²) in [4.78, 5) is 18.3. The van der Waals surface area contributed by atoms with Crippen LogP contribution < -0.4 is 15.8 Å². The molecule has 3 N–H and O–H groups in total. The Kier molecular flexibility index (Phi) is 11.9. The number of ether oxygens (including phenoxy) is 1. The van der Waals surface area contributed by atoms with Crippen molar-refractivity contribution in [2.45, 2.75) is 52.5 Å². The molecule has 1 saturated heterocycles. The average Bonchev–Trinajstić information content (AvgIpc) is 2.65. The molecule has 1 aliphatic heterocycles. The van der Waals surface area contributed by atoms with Crippen molar-refractivity contribution in [3.8, 4) is 5.75 Å². The molecule has 1 heterocycles. The largest absolute Gasteiger partial charge is 0.494 e. The highest BCUT2D eigenvalue weighted by molar-refractivity contribution is 14.0. The molecule has 1 unspecified atom stereocenters. The number of nitrogens with one attached hydrogen (secondary N) is 1. The van der Waals surface area contributed by atoms with E-state index in [-0.39, 0.29) is 29.9 Å². The van der Waals surface area contributed by atoms with Gasteiger partial charge in [0.25, 0.3) is 0 Å². The van der Waals surface area contributed by atoms with Gasteiger partial charge in [0, 0.05) is 26.1 Å². The van der Waals surface area contributed by atoms with Crippen LogP contribution in [-0.4, -0.2) is 43.0 Å². The molecule has 1 aromatic carbocycles. The molecular formula is C21H35IN4O2. The molecule has 0 spiro atoms. The molecule has 0 aliphatic carbocycles. The van der Waals surface area contributed by atoms with Gasteiger partial charge in [-0.25, -0.2) is 4.99 Å². The van der Waals surface area contributed by atoms with Gasteiger partial charge < -0.3 is 20.7 Å². The van der Waals surface area contributed by atoms with Crippen LogP contribution >= 0.6 is 24.0 Å². The third-order valence-corrected chi connectivity index (χ3v) is 4.72. The van der Waals surface area contributed by atoms with E-state index in [1.165, 1.54) is 0 Å². The highest BCUT2D eigenvalue weighted by atomic mass is 127. The Morgan fingerprint density at radius 2 is 2.21 bits per heavy atom. The highest BCUT2D eigenvalue weighted by Crippen LogP contribution is 2.20. The molecule has 1 atom stereocenters. The molecule has 1 amide bonds. The van der Waals surface area contributed by atoms with Crippen LogP contribution in [0, 0.1) is 5.92 Å². The van der Waals surface area contributed by atoms with Gasteiger partial charge in [-0.15, -0.1) is 24.0 Å². The molecule has 0 bridgehead atoms. The predicted octanol–water partition coefficient (Wildman–Crippen LogP) is 3.54. The summed E-state index contributed by atoms with van der Waals surface area (Å²) in [6, 6.07) is 8.15. The number of carbonyl (C=O) groups is 1. The van der Waals surface area contributed by atoms with E-state index >= 15 is 0 Å². The van der Waals surface area contributed by atoms with Gasteiger partial charge in [0.1, 0.15) is 5.75 Å². The topological polar surface area (TPSA) is 79.9 Å². The van der Waals surface area contributed by atoms with E-state index < -0.39 is 0 Å². The van der Waals surface area contributed by atoms with Crippen molar-refractivity contribution in [3.05, 3.63) is 29.8 Å². The molecule has 1 fully saturated rings. The molecule has 0 saturated carbocycles. The van der Waals surface area contributed by atoms with E-state index in [1.54, 1.807) is 0 Å². The number of benzene rings is 1. The van der Waals surface area contributed by atoms with Gasteiger partial charge in [0.15, 0.2) is 5.96 Å². The average molecular weight is 502 g/mol. The number of likely N-dealkylation sites (tertiary alicyclic amines) is 1. The molecular weight excluding hydrogens is 467 g/mol. The van der Waals surface area contributed by atoms with Gasteiger partial charge in [-0.3, -0.25) is 4.79 Å². The maximum Gasteiger partial charge on any atom is 0.217 e. The van der Waals surface area contributed by atoms with Crippen molar-refractivity contribution in [3.63, 3.8) is 0 Å². The van der Waals surface area contributed by atoms with E-state index in [1.807, 2.05) is 12.1 Å². The molecule has 0 aromatic heterocycles. The number of hydrogen-bond donors (Lipinski definition) is 2. The van der Waals surface area contributed by atoms with Crippen LogP contribution in [0.2, 0.25) is 0 Å². The third-order valence-electron chi connectivity index (χ3n) is 4.72. The first kappa shape index (κ1) is 24.5. The molecule has 7 heteroatoms. The standard InChI is InChI=1S/C21H34N4O2.HI/c1-3-5-12-27-19-10-6-8-17(13-19)15-24-21(23-4-2)25-11-7-9-18(16-25)14-20(22)26;/h6,8,10,13,18H,3-5,7,9,11-12,14-16H2,1-2H3,(H2,22,26)(H,23,24);1H. The minimum absolute atomic E-state index is 0. The number of nitrogens with two attached hydrogens (primary N) is 1. The lowest BCUT2D eigenvalue weighted by atomic mass is 9.95. The third kappa shape index (κ3) is 8.67. The zero-order valence-corrected chi connectivity index (χ0v) is 19.5. The van der Waals surface area contributed by atoms with Gasteiger partial charge in [-0.05, 0) is 49.8 Å². The number of amides is 1. The number of piperidine rings is 1. The molecule has 1 aliphatic rings. The lowest BCUT2D eigenvalue weighted by Gasteiger charge is -2.34. The van der Waals surface area contributed by atoms with Gasteiger partial charge in [-0.2, -0.15) is 0 Å². The lowest BCUT2D eigenvalue weighted by molar-refractivity contribution is -0.119. The number of nitrogens with zero attached hydrogens (tertiary/aromatic N) is 2. The van der Waals surface area contributed by atoms with E-state index in [4.69, 9.17) is 15.5 Å². The van der Waals surface area contributed by atoms with E-state index in [0.717, 1.165) is 69.2 Å². The number of primary amides is 1. The fourth-order valence-electron chi connectivity index (χ4n) is 3.37. The smallest absolute Gasteiger partial charge is 0.217 e. The van der Waals surface area contributed by atoms with Crippen molar-refractivity contribution in [2.75, 3.05) is 26.2 Å². The Labute approximate surface area is 186 Å². The van der Waals surface area contributed by atoms with Crippen LogP contribution in [0.1, 0.15) is 51.5 Å². The maximum absolute atomic E-state index is 11.3. The monoisotopic (exact) mass is 502 g/mol. The summed E-state index contributed by atoms with van der Waals surface area (Å²) in [6.45, 7) is 8.19. The Balaban J connectivity index is 0.00000392. The predicted molar refractivity (Wildman–Crippen MR) is 125 cm³/mol. The van der Waals surface area contributed by atoms with Crippen LogP contribution in [0.3, 0.4) is 0 Å². The second-order valence-electron chi connectivity index (χ2n) is 7.14. The molecule has 0 radical (unpaired) electrons. The number of rotatable bonds is 9. The first-order chi connectivity index (χ1) is 13.1. The van der Waals surface area contributed by atoms with E-state index in [0.29, 0.717) is 18.9 Å². The van der Waals surface area contributed by atoms with Crippen molar-refractivity contribution >= 4 is 35.8 Å². The summed E-state index contributed by atoms with van der Waals surface area (Å²) in [5.74, 6) is 1.91. The fourth-order valence-corrected chi connectivity index (χ4v) is 3.37. The lowest BCUT2D eigenvalue weighted by Crippen LogP contribution is -2.47. The normalized spacial score (nSPS) is 17.0. The van der Waals surface area contributed by atoms with E-state index in [9.17, 15) is 4.79 Å². The first-order valence-corrected chi connectivity index (χ1v) is 10.2. The van der Waals surface area contributed by atoms with Crippen LogP contribution in [0.15, 0.2) is 29.3 Å². The van der Waals surface area contributed by atoms with Crippen LogP contribution in [-0.2, 0) is 11.3 Å². The maximum atomic E-state index is 11.3. The van der Waals surface area contributed by atoms with Gasteiger partial charge in [-0.1, -0.05) is 25.5 Å². The summed E-state index contributed by atoms with van der Waals surface area (Å²) in [5, 5.41) is 3.38. The van der Waals surface area contributed by atoms with E-state index in [2.05, 4.69) is 36.2 Å². The molecule has 1 aromatic rings. The summed E-state index contributed by atoms with van der Waals surface area (Å²) in [7, 11) is 0. The number of hydrogen-bond acceptors (Lipinski definition) is 3. The molecule has 2 rings (SSSR count). The summed E-state index contributed by atoms with van der Waals surface area (Å²) in [5.41, 5.74) is 6.51. The zero-order chi connectivity index (χ0) is 19.5. The van der Waals surface area contributed by atoms with Crippen molar-refractivity contribution in [1.82, 2.24) is 10.2 Å². The molecule has 158 valence electrons. The first-order valence-electron chi connectivity index (χ1n) is 10.2. The number of halogens is 1. The highest BCUT2D eigenvalue weighted by Gasteiger charge is 2.23. The van der Waals surface area contributed by atoms with Gasteiger partial charge in [0.05, 0.1) is 13.2 Å². The summed E-state index contributed by atoms with van der Waals surface area (Å²) in [6.07, 6.45) is 4.75. The Morgan fingerprint density at radius 1 is 1.39 bits per heavy atom. The quantitative estimate of drug-likeness (QED) is 0.234. The Morgan fingerprint density at radius 3 is 2.93 bits per heavy atom. The second kappa shape index (κ2) is 13.6. The summed E-state index contributed by atoms with van der Waals surface area (Å²) < 4.78 is 5.79. The fraction of sp³-hybridized carbons (Fsp3) is 0.619. The SMILES string of the molecule is CCCCOc1cccc(CN=C(NCC)N2CCCC(CC(N)=O)C2)c1.I. The van der Waals surface area contributed by atoms with Crippen LogP contribution in [0.5, 0.6) is 5.75 Å². The molecule has 28 heavy (non-hydrogen) atoms. The van der Waals surface area contributed by atoms with Crippen molar-refractivity contribution < 1.29 is 9.53 Å². The number of guanidine groups is 1. The zero-order valence-electron chi connectivity index (χ0n) is 17.2. The van der Waals surface area contributed by atoms with Crippen molar-refractivity contribution in [1.29, 1.82) is 0 Å². The van der Waals surface area contributed by atoms with Gasteiger partial charge >= 0.3 is 0 Å².